The molecular formula is C26H26ClN5O2. The Morgan fingerprint density at radius 2 is 2.09 bits per heavy atom. The van der Waals surface area contributed by atoms with E-state index in [1.165, 1.54) is 0 Å². The van der Waals surface area contributed by atoms with Gasteiger partial charge in [0, 0.05) is 66.9 Å². The van der Waals surface area contributed by atoms with Crippen LogP contribution in [0.25, 0.3) is 22.2 Å². The summed E-state index contributed by atoms with van der Waals surface area (Å²) in [7, 11) is 1.93. The molecule has 0 saturated carbocycles. The van der Waals surface area contributed by atoms with Crippen LogP contribution in [0.2, 0.25) is 5.02 Å². The summed E-state index contributed by atoms with van der Waals surface area (Å²) < 4.78 is 8.15. The number of hydrogen-bond donors (Lipinski definition) is 0. The summed E-state index contributed by atoms with van der Waals surface area (Å²) in [4.78, 5) is 23.3. The smallest absolute Gasteiger partial charge is 0.225 e. The van der Waals surface area contributed by atoms with Crippen LogP contribution in [-0.4, -0.2) is 37.1 Å². The first-order valence-electron chi connectivity index (χ1n) is 11.3. The van der Waals surface area contributed by atoms with E-state index in [9.17, 15) is 4.79 Å². The summed E-state index contributed by atoms with van der Waals surface area (Å²) in [5.74, 6) is 0.906. The molecule has 1 amide bonds. The molecule has 1 aliphatic heterocycles. The van der Waals surface area contributed by atoms with Gasteiger partial charge in [-0.1, -0.05) is 30.7 Å². The average Bonchev–Trinajstić information content (AvgIpc) is 3.38. The Labute approximate surface area is 203 Å². The third-order valence-electron chi connectivity index (χ3n) is 6.42. The zero-order valence-electron chi connectivity index (χ0n) is 19.5. The molecule has 7 nitrogen and oxygen atoms in total. The first kappa shape index (κ1) is 22.3. The molecule has 0 N–H and O–H groups in total. The predicted molar refractivity (Wildman–Crippen MR) is 131 cm³/mol. The van der Waals surface area contributed by atoms with E-state index in [0.29, 0.717) is 17.3 Å². The van der Waals surface area contributed by atoms with Crippen molar-refractivity contribution < 1.29 is 9.53 Å². The van der Waals surface area contributed by atoms with Gasteiger partial charge >= 0.3 is 0 Å². The van der Waals surface area contributed by atoms with Gasteiger partial charge in [-0.3, -0.25) is 14.5 Å². The number of para-hydroxylation sites is 1. The minimum Gasteiger partial charge on any atom is -0.487 e. The van der Waals surface area contributed by atoms with E-state index in [-0.39, 0.29) is 18.4 Å². The molecule has 0 spiro atoms. The SMILES string of the molecule is Cc1cc(-c2ccnn2C)c2cccc(OCc3c(Cl)cncc3CN3CCC(C)C3=O)c2n1. The van der Waals surface area contributed by atoms with Gasteiger partial charge in [-0.05, 0) is 37.1 Å². The summed E-state index contributed by atoms with van der Waals surface area (Å²) in [6, 6.07) is 9.98. The number of hydrogen-bond acceptors (Lipinski definition) is 5. The molecule has 174 valence electrons. The lowest BCUT2D eigenvalue weighted by Gasteiger charge is -2.19. The zero-order valence-corrected chi connectivity index (χ0v) is 20.2. The molecule has 1 aromatic carbocycles. The number of aryl methyl sites for hydroxylation is 2. The van der Waals surface area contributed by atoms with Gasteiger partial charge in [0.15, 0.2) is 0 Å². The van der Waals surface area contributed by atoms with Gasteiger partial charge in [-0.25, -0.2) is 4.98 Å². The molecule has 4 aromatic rings. The highest BCUT2D eigenvalue weighted by atomic mass is 35.5. The first-order chi connectivity index (χ1) is 16.4. The van der Waals surface area contributed by atoms with E-state index in [1.807, 2.05) is 54.7 Å². The second-order valence-corrected chi connectivity index (χ2v) is 9.21. The normalized spacial score (nSPS) is 15.9. The summed E-state index contributed by atoms with van der Waals surface area (Å²) in [5, 5.41) is 5.83. The fourth-order valence-corrected chi connectivity index (χ4v) is 4.76. The van der Waals surface area contributed by atoms with Crippen molar-refractivity contribution in [3.05, 3.63) is 70.8 Å². The van der Waals surface area contributed by atoms with Gasteiger partial charge in [-0.2, -0.15) is 5.10 Å². The van der Waals surface area contributed by atoms with Crippen LogP contribution in [0.1, 0.15) is 30.2 Å². The predicted octanol–water partition coefficient (Wildman–Crippen LogP) is 4.94. The van der Waals surface area contributed by atoms with E-state index in [2.05, 4.69) is 16.1 Å². The van der Waals surface area contributed by atoms with Crippen molar-refractivity contribution in [3.8, 4) is 17.0 Å². The molecule has 0 bridgehead atoms. The minimum atomic E-state index is 0.0606. The van der Waals surface area contributed by atoms with Crippen molar-refractivity contribution >= 4 is 28.4 Å². The number of rotatable bonds is 6. The molecule has 1 aliphatic rings. The number of pyridine rings is 2. The molecule has 3 aromatic heterocycles. The van der Waals surface area contributed by atoms with Crippen LogP contribution >= 0.6 is 11.6 Å². The lowest BCUT2D eigenvalue weighted by molar-refractivity contribution is -0.131. The lowest BCUT2D eigenvalue weighted by Crippen LogP contribution is -2.27. The molecule has 4 heterocycles. The average molecular weight is 476 g/mol. The fourth-order valence-electron chi connectivity index (χ4n) is 4.52. The third kappa shape index (κ3) is 4.12. The number of likely N-dealkylation sites (tertiary alicyclic amines) is 1. The Balaban J connectivity index is 1.47. The topological polar surface area (TPSA) is 73.1 Å². The maximum Gasteiger partial charge on any atom is 0.225 e. The Morgan fingerprint density at radius 1 is 1.24 bits per heavy atom. The number of nitrogens with zero attached hydrogens (tertiary/aromatic N) is 5. The Hall–Kier alpha value is -3.45. The number of amides is 1. The Kier molecular flexibility index (Phi) is 5.96. The van der Waals surface area contributed by atoms with Crippen molar-refractivity contribution in [1.82, 2.24) is 24.6 Å². The number of halogens is 1. The maximum atomic E-state index is 12.4. The van der Waals surface area contributed by atoms with Crippen LogP contribution in [0.3, 0.4) is 0 Å². The highest BCUT2D eigenvalue weighted by Gasteiger charge is 2.28. The van der Waals surface area contributed by atoms with Crippen molar-refractivity contribution in [2.45, 2.75) is 33.4 Å². The van der Waals surface area contributed by atoms with Gasteiger partial charge in [0.1, 0.15) is 17.9 Å². The molecular weight excluding hydrogens is 450 g/mol. The number of fused-ring (bicyclic) bond motifs is 1. The number of aromatic nitrogens is 4. The minimum absolute atomic E-state index is 0.0606. The summed E-state index contributed by atoms with van der Waals surface area (Å²) >= 11 is 6.53. The van der Waals surface area contributed by atoms with Gasteiger partial charge in [0.25, 0.3) is 0 Å². The highest BCUT2D eigenvalue weighted by Crippen LogP contribution is 2.34. The van der Waals surface area contributed by atoms with Gasteiger partial charge < -0.3 is 9.64 Å². The summed E-state index contributed by atoms with van der Waals surface area (Å²) in [6.07, 6.45) is 6.05. The lowest BCUT2D eigenvalue weighted by atomic mass is 10.0. The van der Waals surface area contributed by atoms with Gasteiger partial charge in [0.2, 0.25) is 5.91 Å². The number of carbonyl (C=O) groups excluding carboxylic acids is 1. The van der Waals surface area contributed by atoms with E-state index in [1.54, 1.807) is 18.6 Å². The summed E-state index contributed by atoms with van der Waals surface area (Å²) in [5.41, 5.74) is 5.47. The second-order valence-electron chi connectivity index (χ2n) is 8.80. The zero-order chi connectivity index (χ0) is 23.8. The number of benzene rings is 1. The van der Waals surface area contributed by atoms with Crippen LogP contribution in [0, 0.1) is 12.8 Å². The van der Waals surface area contributed by atoms with Crippen LogP contribution in [-0.2, 0) is 25.0 Å². The standard InChI is InChI=1S/C26H26ClN5O2/c1-16-8-10-32(26(16)33)14-18-12-28-13-22(27)21(18)15-34-24-6-4-5-19-20(11-17(2)30-25(19)24)23-7-9-29-31(23)3/h4-7,9,11-13,16H,8,10,14-15H2,1-3H3. The quantitative estimate of drug-likeness (QED) is 0.395. The number of ether oxygens (including phenoxy) is 1. The first-order valence-corrected chi connectivity index (χ1v) is 11.7. The van der Waals surface area contributed by atoms with Crippen LogP contribution in [0.5, 0.6) is 5.75 Å². The van der Waals surface area contributed by atoms with Crippen molar-refractivity contribution in [1.29, 1.82) is 0 Å². The highest BCUT2D eigenvalue weighted by molar-refractivity contribution is 6.31. The van der Waals surface area contributed by atoms with Crippen LogP contribution in [0.15, 0.2) is 48.9 Å². The van der Waals surface area contributed by atoms with Crippen molar-refractivity contribution in [2.75, 3.05) is 6.54 Å². The van der Waals surface area contributed by atoms with Gasteiger partial charge in [-0.15, -0.1) is 0 Å². The molecule has 5 rings (SSSR count). The van der Waals surface area contributed by atoms with E-state index in [4.69, 9.17) is 21.3 Å². The largest absolute Gasteiger partial charge is 0.487 e. The molecule has 0 radical (unpaired) electrons. The molecule has 1 saturated heterocycles. The van der Waals surface area contributed by atoms with Crippen molar-refractivity contribution in [3.63, 3.8) is 0 Å². The monoisotopic (exact) mass is 475 g/mol. The summed E-state index contributed by atoms with van der Waals surface area (Å²) in [6.45, 7) is 5.42. The molecule has 34 heavy (non-hydrogen) atoms. The van der Waals surface area contributed by atoms with E-state index >= 15 is 0 Å². The third-order valence-corrected chi connectivity index (χ3v) is 6.75. The Bertz CT molecular complexity index is 1380. The molecule has 1 atom stereocenters. The second kappa shape index (κ2) is 9.06. The fraction of sp³-hybridized carbons (Fsp3) is 0.308. The molecule has 8 heteroatoms. The molecule has 1 unspecified atom stereocenters. The molecule has 0 aliphatic carbocycles. The van der Waals surface area contributed by atoms with E-state index < -0.39 is 0 Å². The van der Waals surface area contributed by atoms with Crippen LogP contribution in [0.4, 0.5) is 0 Å². The van der Waals surface area contributed by atoms with E-state index in [0.717, 1.165) is 51.9 Å². The van der Waals surface area contributed by atoms with Crippen molar-refractivity contribution in [2.24, 2.45) is 13.0 Å². The maximum absolute atomic E-state index is 12.4. The Morgan fingerprint density at radius 3 is 2.82 bits per heavy atom. The van der Waals surface area contributed by atoms with Crippen LogP contribution < -0.4 is 4.74 Å². The molecule has 1 fully saturated rings. The number of carbonyl (C=O) groups is 1. The van der Waals surface area contributed by atoms with Gasteiger partial charge in [0.05, 0.1) is 10.7 Å².